The molecular weight excluding hydrogens is 568 g/mol. The van der Waals surface area contributed by atoms with Crippen molar-refractivity contribution in [3.05, 3.63) is 125 Å². The molecule has 0 amide bonds. The number of pyridine rings is 1. The van der Waals surface area contributed by atoms with Gasteiger partial charge in [-0.15, -0.1) is 0 Å². The van der Waals surface area contributed by atoms with E-state index >= 15 is 0 Å². The summed E-state index contributed by atoms with van der Waals surface area (Å²) in [6.45, 7) is 3.06. The second kappa shape index (κ2) is 9.61. The molecule has 1 aliphatic heterocycles. The highest BCUT2D eigenvalue weighted by atomic mass is 16.5. The Morgan fingerprint density at radius 2 is 1.55 bits per heavy atom. The third-order valence-electron chi connectivity index (χ3n) is 9.00. The van der Waals surface area contributed by atoms with E-state index in [0.29, 0.717) is 42.9 Å². The van der Waals surface area contributed by atoms with Crippen LogP contribution in [0.3, 0.4) is 0 Å². The van der Waals surface area contributed by atoms with E-state index in [4.69, 9.17) is 4.74 Å². The molecule has 1 aromatic heterocycles. The van der Waals surface area contributed by atoms with Crippen LogP contribution in [0.15, 0.2) is 60.4 Å². The summed E-state index contributed by atoms with van der Waals surface area (Å²) < 4.78 is 5.31. The lowest BCUT2D eigenvalue weighted by Crippen LogP contribution is -2.52. The molecule has 1 atom stereocenters. The van der Waals surface area contributed by atoms with Gasteiger partial charge in [-0.25, -0.2) is 0 Å². The van der Waals surface area contributed by atoms with Crippen LogP contribution < -0.4 is 42.6 Å². The first-order valence-electron chi connectivity index (χ1n) is 14.2. The van der Waals surface area contributed by atoms with E-state index in [9.17, 15) is 39.3 Å². The predicted octanol–water partition coefficient (Wildman–Crippen LogP) is -0.0690. The fourth-order valence-corrected chi connectivity index (χ4v) is 7.03. The number of hydrogen-bond acceptors (Lipinski definition) is 10. The smallest absolute Gasteiger partial charge is 0.260 e. The molecule has 0 unspecified atom stereocenters. The fraction of sp³-hybridized carbons (Fsp3) is 0.242. The molecule has 11 heteroatoms. The summed E-state index contributed by atoms with van der Waals surface area (Å²) in [6.07, 6.45) is 7.20. The van der Waals surface area contributed by atoms with Crippen LogP contribution in [-0.4, -0.2) is 46.6 Å². The number of aromatic hydroxyl groups is 1. The van der Waals surface area contributed by atoms with Gasteiger partial charge in [-0.1, -0.05) is 24.3 Å². The molecule has 4 aliphatic carbocycles. The fourth-order valence-electron chi connectivity index (χ4n) is 7.03. The third kappa shape index (κ3) is 3.50. The summed E-state index contributed by atoms with van der Waals surface area (Å²) in [7, 11) is 0. The van der Waals surface area contributed by atoms with Crippen molar-refractivity contribution in [1.29, 1.82) is 0 Å². The number of rotatable bonds is 3. The number of anilines is 1. The molecule has 11 nitrogen and oxygen atoms in total. The molecule has 2 aromatic rings. The van der Waals surface area contributed by atoms with Crippen LogP contribution in [0.25, 0.3) is 28.4 Å². The second-order valence-electron chi connectivity index (χ2n) is 11.2. The third-order valence-corrected chi connectivity index (χ3v) is 9.00. The molecule has 0 saturated carbocycles. The van der Waals surface area contributed by atoms with E-state index in [-0.39, 0.29) is 29.5 Å². The van der Waals surface area contributed by atoms with Crippen molar-refractivity contribution in [3.63, 3.8) is 0 Å². The first kappa shape index (κ1) is 27.5. The molecule has 4 N–H and O–H groups in total. The molecule has 0 bridgehead atoms. The highest BCUT2D eigenvalue weighted by Crippen LogP contribution is 2.54. The molecule has 1 aromatic carbocycles. The number of aliphatic hydroxyl groups excluding tert-OH is 2. The Morgan fingerprint density at radius 3 is 2.23 bits per heavy atom. The highest BCUT2D eigenvalue weighted by molar-refractivity contribution is 5.94. The SMILES string of the molecule is CC=CC=Cc1cc2cc3c(c(O)c2c(=O)[nH]1)[C@@]1(CC3)C(O)=c2c(=O)c3c(=O)cc(N4CCOCC4)c(=O)c=3c(=O)c2=C1O. The van der Waals surface area contributed by atoms with Gasteiger partial charge in [0.2, 0.25) is 16.3 Å². The van der Waals surface area contributed by atoms with Crippen LogP contribution >= 0.6 is 0 Å². The maximum atomic E-state index is 13.9. The van der Waals surface area contributed by atoms with Gasteiger partial charge in [-0.05, 0) is 42.9 Å². The number of fused-ring (bicyclic) bond motifs is 4. The summed E-state index contributed by atoms with van der Waals surface area (Å²) in [5, 5.41) is 32.7. The number of allylic oxidation sites excluding steroid dienone is 3. The van der Waals surface area contributed by atoms with Gasteiger partial charge in [-0.2, -0.15) is 0 Å². The monoisotopic (exact) mass is 594 g/mol. The minimum atomic E-state index is -1.93. The molecule has 222 valence electrons. The minimum Gasteiger partial charge on any atom is -0.510 e. The number of phenols is 1. The van der Waals surface area contributed by atoms with E-state index in [1.807, 2.05) is 13.0 Å². The zero-order valence-electron chi connectivity index (χ0n) is 23.5. The van der Waals surface area contributed by atoms with Crippen LogP contribution in [0.5, 0.6) is 5.75 Å². The van der Waals surface area contributed by atoms with Crippen LogP contribution in [0, 0.1) is 10.4 Å². The van der Waals surface area contributed by atoms with Crippen molar-refractivity contribution in [1.82, 2.24) is 4.98 Å². The largest absolute Gasteiger partial charge is 0.510 e. The number of ether oxygens (including phenoxy) is 1. The number of nitrogens with zero attached hydrogens (tertiary/aromatic N) is 1. The number of nitrogens with one attached hydrogen (secondary N) is 1. The van der Waals surface area contributed by atoms with E-state index < -0.39 is 70.8 Å². The van der Waals surface area contributed by atoms with Crippen molar-refractivity contribution in [2.24, 2.45) is 0 Å². The summed E-state index contributed by atoms with van der Waals surface area (Å²) in [5.41, 5.74) is -5.44. The van der Waals surface area contributed by atoms with Gasteiger partial charge in [0.15, 0.2) is 5.43 Å². The van der Waals surface area contributed by atoms with Crippen molar-refractivity contribution in [2.45, 2.75) is 25.2 Å². The molecule has 1 fully saturated rings. The number of hydrogen-bond donors (Lipinski definition) is 4. The Labute approximate surface area is 246 Å². The number of aromatic amines is 1. The van der Waals surface area contributed by atoms with Gasteiger partial charge in [0.1, 0.15) is 22.7 Å². The van der Waals surface area contributed by atoms with Gasteiger partial charge < -0.3 is 29.9 Å². The normalized spacial score (nSPS) is 19.8. The molecule has 44 heavy (non-hydrogen) atoms. The van der Waals surface area contributed by atoms with Crippen molar-refractivity contribution in [3.8, 4) is 5.75 Å². The van der Waals surface area contributed by atoms with Crippen LogP contribution in [0.4, 0.5) is 5.69 Å². The average Bonchev–Trinajstić information content (AvgIpc) is 3.49. The van der Waals surface area contributed by atoms with Crippen molar-refractivity contribution in [2.75, 3.05) is 31.2 Å². The van der Waals surface area contributed by atoms with Crippen LogP contribution in [-0.2, 0) is 16.6 Å². The van der Waals surface area contributed by atoms with Crippen LogP contribution in [0.1, 0.15) is 30.2 Å². The number of aryl methyl sites for hydroxylation is 1. The van der Waals surface area contributed by atoms with E-state index in [0.717, 1.165) is 6.07 Å². The van der Waals surface area contributed by atoms with Crippen molar-refractivity contribution >= 4 is 34.1 Å². The number of H-pyrrole nitrogens is 1. The van der Waals surface area contributed by atoms with Gasteiger partial charge in [0.05, 0.1) is 45.2 Å². The Hall–Kier alpha value is -5.29. The molecular formula is C33H26N2O9. The summed E-state index contributed by atoms with van der Waals surface area (Å²) >= 11 is 0. The summed E-state index contributed by atoms with van der Waals surface area (Å²) in [6, 6.07) is 4.36. The minimum absolute atomic E-state index is 0.0135. The first-order chi connectivity index (χ1) is 21.1. The van der Waals surface area contributed by atoms with Gasteiger partial charge >= 0.3 is 0 Å². The highest BCUT2D eigenvalue weighted by Gasteiger charge is 2.53. The van der Waals surface area contributed by atoms with Crippen LogP contribution in [0.2, 0.25) is 0 Å². The predicted molar refractivity (Wildman–Crippen MR) is 164 cm³/mol. The number of morpholine rings is 1. The number of benzene rings is 1. The van der Waals surface area contributed by atoms with Crippen molar-refractivity contribution < 1.29 is 20.1 Å². The van der Waals surface area contributed by atoms with E-state index in [2.05, 4.69) is 4.98 Å². The van der Waals surface area contributed by atoms with Gasteiger partial charge in [0.25, 0.3) is 5.56 Å². The molecule has 1 saturated heterocycles. The summed E-state index contributed by atoms with van der Waals surface area (Å²) in [4.78, 5) is 72.0. The van der Waals surface area contributed by atoms with E-state index in [1.54, 1.807) is 35.3 Å². The van der Waals surface area contributed by atoms with Gasteiger partial charge in [0, 0.05) is 30.4 Å². The average molecular weight is 595 g/mol. The number of phenolic OH excluding ortho intramolecular Hbond substituents is 1. The lowest BCUT2D eigenvalue weighted by atomic mass is 9.78. The van der Waals surface area contributed by atoms with E-state index in [1.165, 1.54) is 0 Å². The number of aromatic nitrogens is 1. The Balaban J connectivity index is 1.54. The maximum absolute atomic E-state index is 13.9. The molecule has 0 radical (unpaired) electrons. The number of aliphatic hydroxyl groups is 2. The molecule has 1 spiro atoms. The zero-order valence-corrected chi connectivity index (χ0v) is 23.5. The Kier molecular flexibility index (Phi) is 6.02. The summed E-state index contributed by atoms with van der Waals surface area (Å²) in [5.74, 6) is -1.94. The molecule has 7 rings (SSSR count). The standard InChI is InChI=1S/C33H26N2O9/c1-2-3-4-5-17-13-16-12-15-6-7-33(25(15)29(40)20(16)32(43)34-17)30(41)23-24(31(33)42)28(39)22-21(27(23)38)19(36)14-18(26(22)37)35-8-10-44-11-9-35/h2-5,12-14,40-42H,6-11H2,1H3,(H,34,43)/t33-/m0/s1. The topological polar surface area (TPSA) is 174 Å². The second-order valence-corrected chi connectivity index (χ2v) is 11.2. The molecule has 5 aliphatic rings. The quantitative estimate of drug-likeness (QED) is 0.235. The lowest BCUT2D eigenvalue weighted by molar-refractivity contribution is 0.122. The zero-order chi connectivity index (χ0) is 31.1. The maximum Gasteiger partial charge on any atom is 0.260 e. The Bertz CT molecular complexity index is 2480. The lowest BCUT2D eigenvalue weighted by Gasteiger charge is -2.27. The Morgan fingerprint density at radius 1 is 0.864 bits per heavy atom. The van der Waals surface area contributed by atoms with Gasteiger partial charge in [-0.3, -0.25) is 24.0 Å². The first-order valence-corrected chi connectivity index (χ1v) is 14.2. The molecule has 2 heterocycles.